The van der Waals surface area contributed by atoms with Gasteiger partial charge in [0.25, 0.3) is 5.91 Å². The molecule has 1 N–H and O–H groups in total. The molecule has 0 aromatic carbocycles. The largest absolute Gasteiger partial charge is 0.294 e. The van der Waals surface area contributed by atoms with E-state index in [4.69, 9.17) is 0 Å². The van der Waals surface area contributed by atoms with Crippen LogP contribution in [0.25, 0.3) is 0 Å². The molecule has 0 radical (unpaired) electrons. The number of carbonyl (C=O) groups is 2. The second-order valence-corrected chi connectivity index (χ2v) is 5.83. The van der Waals surface area contributed by atoms with Gasteiger partial charge < -0.3 is 0 Å². The molecule has 0 saturated heterocycles. The molecule has 3 aliphatic rings. The van der Waals surface area contributed by atoms with Gasteiger partial charge in [-0.2, -0.15) is 9.67 Å². The molecular formula is C13H16N4O2. The number of rotatable bonds is 2. The number of anilines is 1. The molecule has 0 bridgehead atoms. The third-order valence-electron chi connectivity index (χ3n) is 4.43. The molecule has 1 aromatic heterocycles. The summed E-state index contributed by atoms with van der Waals surface area (Å²) in [5.74, 6) is 0.622. The summed E-state index contributed by atoms with van der Waals surface area (Å²) in [5.41, 5.74) is 0. The fourth-order valence-electron chi connectivity index (χ4n) is 3.22. The van der Waals surface area contributed by atoms with Gasteiger partial charge in [-0.05, 0) is 31.6 Å². The summed E-state index contributed by atoms with van der Waals surface area (Å²) in [6, 6.07) is 0. The van der Waals surface area contributed by atoms with Crippen LogP contribution in [-0.4, -0.2) is 26.6 Å². The first kappa shape index (κ1) is 11.1. The standard InChI is InChI=1S/C13H16N4O2/c18-11-9(7-3-1-2-4-7)12(19)17-13(15-11)14-10(16-17)8-5-6-8/h7-9H,1-6H2,(H,14,15,16,18). The molecule has 19 heavy (non-hydrogen) atoms. The van der Waals surface area contributed by atoms with Gasteiger partial charge in [0.15, 0.2) is 5.82 Å². The Morgan fingerprint density at radius 2 is 1.84 bits per heavy atom. The number of hydrogen-bond donors (Lipinski definition) is 1. The number of hydrogen-bond acceptors (Lipinski definition) is 4. The topological polar surface area (TPSA) is 76.9 Å². The highest BCUT2D eigenvalue weighted by atomic mass is 16.2. The molecule has 1 unspecified atom stereocenters. The first-order valence-electron chi connectivity index (χ1n) is 7.06. The summed E-state index contributed by atoms with van der Waals surface area (Å²) in [6.07, 6.45) is 6.31. The summed E-state index contributed by atoms with van der Waals surface area (Å²) < 4.78 is 1.32. The minimum atomic E-state index is -0.566. The molecule has 4 rings (SSSR count). The van der Waals surface area contributed by atoms with Crippen LogP contribution in [0.2, 0.25) is 0 Å². The zero-order valence-electron chi connectivity index (χ0n) is 10.6. The van der Waals surface area contributed by atoms with Crippen molar-refractivity contribution in [3.63, 3.8) is 0 Å². The summed E-state index contributed by atoms with van der Waals surface area (Å²) in [4.78, 5) is 28.9. The van der Waals surface area contributed by atoms with Gasteiger partial charge in [0, 0.05) is 5.92 Å². The van der Waals surface area contributed by atoms with Gasteiger partial charge in [-0.3, -0.25) is 14.9 Å². The Kier molecular flexibility index (Phi) is 2.28. The quantitative estimate of drug-likeness (QED) is 0.818. The van der Waals surface area contributed by atoms with Crippen LogP contribution in [0.1, 0.15) is 55.1 Å². The van der Waals surface area contributed by atoms with Gasteiger partial charge in [-0.15, -0.1) is 5.10 Å². The van der Waals surface area contributed by atoms with E-state index in [1.54, 1.807) is 0 Å². The van der Waals surface area contributed by atoms with E-state index in [1.165, 1.54) is 4.68 Å². The molecule has 2 aliphatic carbocycles. The Labute approximate surface area is 110 Å². The van der Waals surface area contributed by atoms with Crippen LogP contribution in [0.4, 0.5) is 5.95 Å². The SMILES string of the molecule is O=C1Nc2nc(C3CC3)nn2C(=O)C1C1CCCC1. The van der Waals surface area contributed by atoms with Crippen LogP contribution in [-0.2, 0) is 4.79 Å². The molecule has 1 aromatic rings. The van der Waals surface area contributed by atoms with Crippen LogP contribution in [0.15, 0.2) is 0 Å². The van der Waals surface area contributed by atoms with E-state index in [0.29, 0.717) is 17.7 Å². The molecule has 2 saturated carbocycles. The first-order chi connectivity index (χ1) is 9.24. The van der Waals surface area contributed by atoms with E-state index in [9.17, 15) is 9.59 Å². The Balaban J connectivity index is 1.68. The molecule has 100 valence electrons. The third-order valence-corrected chi connectivity index (χ3v) is 4.43. The number of aromatic nitrogens is 3. The van der Waals surface area contributed by atoms with Crippen LogP contribution in [0.3, 0.4) is 0 Å². The minimum absolute atomic E-state index is 0.175. The lowest BCUT2D eigenvalue weighted by molar-refractivity contribution is -0.120. The highest BCUT2D eigenvalue weighted by Gasteiger charge is 2.43. The smallest absolute Gasteiger partial charge is 0.262 e. The van der Waals surface area contributed by atoms with Crippen molar-refractivity contribution in [2.75, 3.05) is 5.32 Å². The molecule has 1 aliphatic heterocycles. The van der Waals surface area contributed by atoms with Crippen molar-refractivity contribution in [2.24, 2.45) is 11.8 Å². The number of nitrogens with one attached hydrogen (secondary N) is 1. The van der Waals surface area contributed by atoms with Gasteiger partial charge in [0.1, 0.15) is 5.92 Å². The fourth-order valence-corrected chi connectivity index (χ4v) is 3.22. The average molecular weight is 260 g/mol. The van der Waals surface area contributed by atoms with Crippen LogP contribution >= 0.6 is 0 Å². The molecule has 0 spiro atoms. The Morgan fingerprint density at radius 1 is 1.11 bits per heavy atom. The highest BCUT2D eigenvalue weighted by Crippen LogP contribution is 2.40. The van der Waals surface area contributed by atoms with Gasteiger partial charge in [0.2, 0.25) is 11.9 Å². The summed E-state index contributed by atoms with van der Waals surface area (Å²) in [7, 11) is 0. The second-order valence-electron chi connectivity index (χ2n) is 5.83. The van der Waals surface area contributed by atoms with Crippen LogP contribution in [0, 0.1) is 11.8 Å². The molecule has 2 fully saturated rings. The Bertz CT molecular complexity index is 555. The normalized spacial score (nSPS) is 27.5. The van der Waals surface area contributed by atoms with Crippen molar-refractivity contribution in [3.8, 4) is 0 Å². The lowest BCUT2D eigenvalue weighted by Crippen LogP contribution is -2.43. The zero-order chi connectivity index (χ0) is 13.0. The van der Waals surface area contributed by atoms with Gasteiger partial charge in [-0.25, -0.2) is 0 Å². The van der Waals surface area contributed by atoms with E-state index in [0.717, 1.165) is 38.5 Å². The van der Waals surface area contributed by atoms with Crippen LogP contribution in [0.5, 0.6) is 0 Å². The monoisotopic (exact) mass is 260 g/mol. The number of nitrogens with zero attached hydrogens (tertiary/aromatic N) is 3. The Hall–Kier alpha value is -1.72. The van der Waals surface area contributed by atoms with E-state index in [-0.39, 0.29) is 17.7 Å². The predicted octanol–water partition coefficient (Wildman–Crippen LogP) is 1.55. The summed E-state index contributed by atoms with van der Waals surface area (Å²) in [5, 5.41) is 7.04. The molecule has 1 atom stereocenters. The third kappa shape index (κ3) is 1.69. The summed E-state index contributed by atoms with van der Waals surface area (Å²) in [6.45, 7) is 0. The van der Waals surface area contributed by atoms with Gasteiger partial charge in [0.05, 0.1) is 0 Å². The molecule has 1 amide bonds. The van der Waals surface area contributed by atoms with Crippen LogP contribution < -0.4 is 5.32 Å². The predicted molar refractivity (Wildman–Crippen MR) is 66.7 cm³/mol. The number of amides is 1. The highest BCUT2D eigenvalue weighted by molar-refractivity contribution is 6.10. The lowest BCUT2D eigenvalue weighted by atomic mass is 9.88. The molecular weight excluding hydrogens is 244 g/mol. The average Bonchev–Trinajstić information content (AvgIpc) is 2.93. The maximum Gasteiger partial charge on any atom is 0.262 e. The van der Waals surface area contributed by atoms with Crippen molar-refractivity contribution in [2.45, 2.75) is 44.4 Å². The van der Waals surface area contributed by atoms with E-state index in [2.05, 4.69) is 15.4 Å². The number of carbonyl (C=O) groups excluding carboxylic acids is 2. The maximum atomic E-state index is 12.5. The van der Waals surface area contributed by atoms with Gasteiger partial charge in [-0.1, -0.05) is 12.8 Å². The van der Waals surface area contributed by atoms with Crippen molar-refractivity contribution < 1.29 is 9.59 Å². The van der Waals surface area contributed by atoms with E-state index < -0.39 is 5.92 Å². The van der Waals surface area contributed by atoms with Crippen molar-refractivity contribution in [1.29, 1.82) is 0 Å². The maximum absolute atomic E-state index is 12.5. The minimum Gasteiger partial charge on any atom is -0.294 e. The Morgan fingerprint density at radius 3 is 2.53 bits per heavy atom. The lowest BCUT2D eigenvalue weighted by Gasteiger charge is -2.24. The second kappa shape index (κ2) is 3.88. The van der Waals surface area contributed by atoms with E-state index in [1.807, 2.05) is 0 Å². The van der Waals surface area contributed by atoms with Crippen molar-refractivity contribution in [1.82, 2.24) is 14.8 Å². The first-order valence-corrected chi connectivity index (χ1v) is 7.06. The molecule has 6 heteroatoms. The van der Waals surface area contributed by atoms with Gasteiger partial charge >= 0.3 is 0 Å². The van der Waals surface area contributed by atoms with E-state index >= 15 is 0 Å². The zero-order valence-corrected chi connectivity index (χ0v) is 10.6. The van der Waals surface area contributed by atoms with Crippen molar-refractivity contribution in [3.05, 3.63) is 5.82 Å². The molecule has 6 nitrogen and oxygen atoms in total. The fraction of sp³-hybridized carbons (Fsp3) is 0.692. The molecule has 2 heterocycles. The number of fused-ring (bicyclic) bond motifs is 1. The van der Waals surface area contributed by atoms with Crippen molar-refractivity contribution >= 4 is 17.8 Å². The summed E-state index contributed by atoms with van der Waals surface area (Å²) >= 11 is 0.